The third kappa shape index (κ3) is 3.79. The lowest BCUT2D eigenvalue weighted by molar-refractivity contribution is -0.130. The number of ether oxygens (including phenoxy) is 1. The first-order valence-electron chi connectivity index (χ1n) is 10.8. The smallest absolute Gasteiger partial charge is 0.219 e. The topological polar surface area (TPSA) is 115 Å². The van der Waals surface area contributed by atoms with Crippen molar-refractivity contribution < 1.29 is 9.53 Å². The molecule has 9 nitrogen and oxygen atoms in total. The van der Waals surface area contributed by atoms with Crippen molar-refractivity contribution in [3.63, 3.8) is 0 Å². The van der Waals surface area contributed by atoms with Gasteiger partial charge in [-0.2, -0.15) is 5.10 Å². The molecule has 1 aromatic carbocycles. The maximum Gasteiger partial charge on any atom is 0.219 e. The molecule has 1 saturated heterocycles. The minimum Gasteiger partial charge on any atom is -0.383 e. The minimum absolute atomic E-state index is 0.00165. The number of carbonyl (C=O) groups is 1. The van der Waals surface area contributed by atoms with E-state index in [-0.39, 0.29) is 18.0 Å². The number of H-pyrrole nitrogens is 1. The Hall–Kier alpha value is -3.90. The van der Waals surface area contributed by atoms with Gasteiger partial charge in [-0.1, -0.05) is 5.92 Å². The molecular weight excluding hydrogens is 418 g/mol. The maximum atomic E-state index is 12.2. The highest BCUT2D eigenvalue weighted by Gasteiger charge is 2.36. The minimum atomic E-state index is -0.00165. The third-order valence-corrected chi connectivity index (χ3v) is 6.08. The van der Waals surface area contributed by atoms with Crippen LogP contribution in [0.5, 0.6) is 0 Å². The van der Waals surface area contributed by atoms with E-state index in [9.17, 15) is 4.79 Å². The molecule has 9 heteroatoms. The number of hydrogen-bond acceptors (Lipinski definition) is 6. The number of nitrogen functional groups attached to an aromatic ring is 1. The Morgan fingerprint density at radius 3 is 2.97 bits per heavy atom. The first kappa shape index (κ1) is 21.0. The second kappa shape index (κ2) is 8.22. The van der Waals surface area contributed by atoms with E-state index in [1.165, 1.54) is 0 Å². The predicted molar refractivity (Wildman–Crippen MR) is 125 cm³/mol. The number of fused-ring (bicyclic) bond motifs is 2. The normalized spacial score (nSPS) is 18.1. The molecule has 2 atom stereocenters. The number of pyridine rings is 1. The number of nitrogens with zero attached hydrogens (tertiary/aromatic N) is 5. The number of nitrogens with two attached hydrogens (primary N) is 1. The van der Waals surface area contributed by atoms with Gasteiger partial charge in [-0.25, -0.2) is 9.97 Å². The summed E-state index contributed by atoms with van der Waals surface area (Å²) in [5.41, 5.74) is 10.4. The molecule has 0 radical (unpaired) electrons. The molecule has 1 amide bonds. The number of aromatic nitrogens is 5. The molecule has 5 rings (SSSR count). The largest absolute Gasteiger partial charge is 0.383 e. The molecule has 0 saturated carbocycles. The zero-order valence-electron chi connectivity index (χ0n) is 18.8. The van der Waals surface area contributed by atoms with E-state index in [2.05, 4.69) is 26.8 Å². The Morgan fingerprint density at radius 1 is 1.33 bits per heavy atom. The number of aryl methyl sites for hydroxylation is 1. The highest BCUT2D eigenvalue weighted by atomic mass is 16.5. The molecule has 0 unspecified atom stereocenters. The van der Waals surface area contributed by atoms with Gasteiger partial charge >= 0.3 is 0 Å². The number of methoxy groups -OCH3 is 1. The number of hydrogen-bond donors (Lipinski definition) is 2. The summed E-state index contributed by atoms with van der Waals surface area (Å²) in [6.07, 6.45) is 2.42. The summed E-state index contributed by atoms with van der Waals surface area (Å²) < 4.78 is 7.27. The van der Waals surface area contributed by atoms with Gasteiger partial charge in [-0.05, 0) is 43.5 Å². The van der Waals surface area contributed by atoms with Gasteiger partial charge in [0.2, 0.25) is 5.91 Å². The van der Waals surface area contributed by atoms with E-state index < -0.39 is 0 Å². The van der Waals surface area contributed by atoms with Gasteiger partial charge in [0.1, 0.15) is 17.3 Å². The van der Waals surface area contributed by atoms with Crippen molar-refractivity contribution >= 4 is 33.7 Å². The summed E-state index contributed by atoms with van der Waals surface area (Å²) in [7, 11) is 1.65. The van der Waals surface area contributed by atoms with Gasteiger partial charge in [0.05, 0.1) is 40.6 Å². The van der Waals surface area contributed by atoms with Crippen molar-refractivity contribution in [2.45, 2.75) is 32.4 Å². The summed E-state index contributed by atoms with van der Waals surface area (Å²) >= 11 is 0. The lowest BCUT2D eigenvalue weighted by Gasteiger charge is -2.21. The first-order chi connectivity index (χ1) is 15.9. The van der Waals surface area contributed by atoms with Crippen molar-refractivity contribution in [3.05, 3.63) is 47.5 Å². The quantitative estimate of drug-likeness (QED) is 0.470. The van der Waals surface area contributed by atoms with E-state index in [4.69, 9.17) is 15.6 Å². The second-order valence-corrected chi connectivity index (χ2v) is 8.36. The van der Waals surface area contributed by atoms with Crippen LogP contribution in [0.25, 0.3) is 21.9 Å². The fourth-order valence-electron chi connectivity index (χ4n) is 4.63. The summed E-state index contributed by atoms with van der Waals surface area (Å²) in [4.78, 5) is 25.9. The number of imidazole rings is 1. The van der Waals surface area contributed by atoms with Crippen molar-refractivity contribution in [1.29, 1.82) is 0 Å². The van der Waals surface area contributed by atoms with Crippen molar-refractivity contribution in [3.8, 4) is 11.8 Å². The van der Waals surface area contributed by atoms with Crippen molar-refractivity contribution in [2.24, 2.45) is 0 Å². The first-order valence-corrected chi connectivity index (χ1v) is 10.8. The van der Waals surface area contributed by atoms with E-state index in [1.54, 1.807) is 20.2 Å². The van der Waals surface area contributed by atoms with Crippen LogP contribution in [0, 0.1) is 18.8 Å². The fourth-order valence-corrected chi connectivity index (χ4v) is 4.63. The van der Waals surface area contributed by atoms with E-state index in [0.717, 1.165) is 39.7 Å². The number of benzene rings is 1. The fraction of sp³-hybridized carbons (Fsp3) is 0.333. The predicted octanol–water partition coefficient (Wildman–Crippen LogP) is 2.41. The molecule has 33 heavy (non-hydrogen) atoms. The number of likely N-dealkylation sites (tertiary alicyclic amines) is 1. The average Bonchev–Trinajstić information content (AvgIpc) is 3.47. The summed E-state index contributed by atoms with van der Waals surface area (Å²) in [5, 5.41) is 5.56. The average molecular weight is 444 g/mol. The molecule has 1 fully saturated rings. The van der Waals surface area contributed by atoms with E-state index in [0.29, 0.717) is 24.7 Å². The zero-order chi connectivity index (χ0) is 23.1. The van der Waals surface area contributed by atoms with Crippen molar-refractivity contribution in [1.82, 2.24) is 29.6 Å². The summed E-state index contributed by atoms with van der Waals surface area (Å²) in [5.74, 6) is 7.67. The second-order valence-electron chi connectivity index (χ2n) is 8.36. The molecule has 0 spiro atoms. The SMILES string of the molecule is COC[C@H]1C[C@H](n2nc(C#Cc3ccc4nc(C)[nH]c4c3)c3c(N)nccc32)CN1C(C)=O. The van der Waals surface area contributed by atoms with Crippen LogP contribution in [0.4, 0.5) is 5.82 Å². The molecule has 0 bridgehead atoms. The molecular formula is C24H25N7O2. The van der Waals surface area contributed by atoms with Crippen LogP contribution in [-0.4, -0.2) is 61.8 Å². The Bertz CT molecular complexity index is 1430. The highest BCUT2D eigenvalue weighted by molar-refractivity contribution is 5.93. The molecule has 0 aliphatic carbocycles. The van der Waals surface area contributed by atoms with Gasteiger partial charge in [0.25, 0.3) is 0 Å². The molecule has 3 N–H and O–H groups in total. The van der Waals surface area contributed by atoms with Crippen LogP contribution in [-0.2, 0) is 9.53 Å². The monoisotopic (exact) mass is 443 g/mol. The highest BCUT2D eigenvalue weighted by Crippen LogP contribution is 2.32. The van der Waals surface area contributed by atoms with Gasteiger partial charge in [-0.3, -0.25) is 9.48 Å². The summed E-state index contributed by atoms with van der Waals surface area (Å²) in [6.45, 7) is 4.56. The number of rotatable bonds is 3. The molecule has 1 aliphatic heterocycles. The third-order valence-electron chi connectivity index (χ3n) is 6.08. The Morgan fingerprint density at radius 2 is 2.18 bits per heavy atom. The number of amides is 1. The molecule has 3 aromatic heterocycles. The molecule has 168 valence electrons. The number of aromatic amines is 1. The van der Waals surface area contributed by atoms with Crippen LogP contribution >= 0.6 is 0 Å². The molecule has 4 heterocycles. The Kier molecular flexibility index (Phi) is 5.23. The van der Waals surface area contributed by atoms with E-state index >= 15 is 0 Å². The Balaban J connectivity index is 1.55. The van der Waals surface area contributed by atoms with Crippen LogP contribution in [0.3, 0.4) is 0 Å². The van der Waals surface area contributed by atoms with Crippen LogP contribution in [0.15, 0.2) is 30.5 Å². The van der Waals surface area contributed by atoms with Gasteiger partial charge in [-0.15, -0.1) is 0 Å². The van der Waals surface area contributed by atoms with Crippen LogP contribution in [0.2, 0.25) is 0 Å². The lowest BCUT2D eigenvalue weighted by Crippen LogP contribution is -2.36. The van der Waals surface area contributed by atoms with Gasteiger partial charge in [0, 0.05) is 32.3 Å². The van der Waals surface area contributed by atoms with Crippen LogP contribution in [0.1, 0.15) is 36.5 Å². The van der Waals surface area contributed by atoms with Crippen LogP contribution < -0.4 is 5.73 Å². The molecule has 1 aliphatic rings. The van der Waals surface area contributed by atoms with Gasteiger partial charge in [0.15, 0.2) is 0 Å². The van der Waals surface area contributed by atoms with Gasteiger partial charge < -0.3 is 20.4 Å². The zero-order valence-corrected chi connectivity index (χ0v) is 18.8. The number of nitrogens with one attached hydrogen (secondary N) is 1. The maximum absolute atomic E-state index is 12.2. The summed E-state index contributed by atoms with van der Waals surface area (Å²) in [6, 6.07) is 7.76. The standard InChI is InChI=1S/C24H25N7O2/c1-14-27-19-6-4-16(10-21(19)28-14)5-7-20-23-22(8-9-26-24(23)25)31(29-20)17-11-18(13-33-3)30(12-17)15(2)32/h4,6,8-10,17-18H,11-13H2,1-3H3,(H2,25,26)(H,27,28)/t17-,18+/m0/s1. The Labute approximate surface area is 190 Å². The molecule has 4 aromatic rings. The number of anilines is 1. The van der Waals surface area contributed by atoms with E-state index in [1.807, 2.05) is 40.8 Å². The van der Waals surface area contributed by atoms with Crippen molar-refractivity contribution in [2.75, 3.05) is 26.0 Å². The number of carbonyl (C=O) groups excluding carboxylic acids is 1. The lowest BCUT2D eigenvalue weighted by atomic mass is 10.1.